The SMILES string of the molecule is CC(C)C(C)C(C)(C)CC(C)(C)C(C)C(C)CCl. The largest absolute Gasteiger partial charge is 0.126 e. The van der Waals surface area contributed by atoms with Gasteiger partial charge in [-0.1, -0.05) is 62.3 Å². The van der Waals surface area contributed by atoms with Gasteiger partial charge in [-0.3, -0.25) is 0 Å². The predicted molar refractivity (Wildman–Crippen MR) is 85.2 cm³/mol. The first kappa shape index (κ1) is 18.3. The van der Waals surface area contributed by atoms with Crippen LogP contribution in [-0.4, -0.2) is 5.88 Å². The molecule has 0 N–H and O–H groups in total. The lowest BCUT2D eigenvalue weighted by Crippen LogP contribution is -2.36. The van der Waals surface area contributed by atoms with Crippen molar-refractivity contribution in [3.8, 4) is 0 Å². The molecule has 0 aromatic rings. The molecule has 0 heterocycles. The van der Waals surface area contributed by atoms with Gasteiger partial charge in [0.05, 0.1) is 0 Å². The highest BCUT2D eigenvalue weighted by atomic mass is 35.5. The number of rotatable bonds is 7. The molecule has 110 valence electrons. The third-order valence-electron chi connectivity index (χ3n) is 5.47. The van der Waals surface area contributed by atoms with Crippen LogP contribution in [0.5, 0.6) is 0 Å². The van der Waals surface area contributed by atoms with E-state index in [4.69, 9.17) is 11.6 Å². The van der Waals surface area contributed by atoms with Crippen LogP contribution < -0.4 is 0 Å². The van der Waals surface area contributed by atoms with Gasteiger partial charge < -0.3 is 0 Å². The van der Waals surface area contributed by atoms with Gasteiger partial charge in [0.15, 0.2) is 0 Å². The Labute approximate surface area is 121 Å². The van der Waals surface area contributed by atoms with E-state index in [0.29, 0.717) is 22.7 Å². The van der Waals surface area contributed by atoms with Crippen molar-refractivity contribution in [1.82, 2.24) is 0 Å². The van der Waals surface area contributed by atoms with Crippen LogP contribution in [0.15, 0.2) is 0 Å². The second-order valence-electron chi connectivity index (χ2n) is 8.11. The van der Waals surface area contributed by atoms with Gasteiger partial charge in [-0.15, -0.1) is 11.6 Å². The highest BCUT2D eigenvalue weighted by Crippen LogP contribution is 2.46. The summed E-state index contributed by atoms with van der Waals surface area (Å²) in [6.45, 7) is 21.4. The maximum atomic E-state index is 6.04. The van der Waals surface area contributed by atoms with Crippen LogP contribution in [0.3, 0.4) is 0 Å². The number of hydrogen-bond acceptors (Lipinski definition) is 0. The van der Waals surface area contributed by atoms with Gasteiger partial charge in [-0.2, -0.15) is 0 Å². The summed E-state index contributed by atoms with van der Waals surface area (Å²) in [6.07, 6.45) is 1.27. The van der Waals surface area contributed by atoms with E-state index < -0.39 is 0 Å². The van der Waals surface area contributed by atoms with Gasteiger partial charge in [0.1, 0.15) is 0 Å². The van der Waals surface area contributed by atoms with E-state index in [1.54, 1.807) is 0 Å². The minimum atomic E-state index is 0.348. The zero-order valence-corrected chi connectivity index (χ0v) is 14.9. The Kier molecular flexibility index (Phi) is 6.75. The highest BCUT2D eigenvalue weighted by Gasteiger charge is 2.38. The van der Waals surface area contributed by atoms with Crippen LogP contribution in [0, 0.1) is 34.5 Å². The topological polar surface area (TPSA) is 0 Å². The molecule has 1 heteroatoms. The smallest absolute Gasteiger partial charge is 0.0251 e. The van der Waals surface area contributed by atoms with E-state index in [2.05, 4.69) is 62.3 Å². The molecule has 3 atom stereocenters. The van der Waals surface area contributed by atoms with Gasteiger partial charge >= 0.3 is 0 Å². The van der Waals surface area contributed by atoms with Gasteiger partial charge in [0.2, 0.25) is 0 Å². The third-order valence-corrected chi connectivity index (χ3v) is 5.96. The van der Waals surface area contributed by atoms with E-state index in [-0.39, 0.29) is 0 Å². The summed E-state index contributed by atoms with van der Waals surface area (Å²) >= 11 is 6.04. The van der Waals surface area contributed by atoms with E-state index in [1.807, 2.05) is 0 Å². The summed E-state index contributed by atoms with van der Waals surface area (Å²) in [7, 11) is 0. The molecule has 0 aromatic carbocycles. The minimum absolute atomic E-state index is 0.348. The molecule has 0 spiro atoms. The molecule has 0 radical (unpaired) electrons. The van der Waals surface area contributed by atoms with Crippen LogP contribution in [-0.2, 0) is 0 Å². The van der Waals surface area contributed by atoms with Gasteiger partial charge in [0, 0.05) is 5.88 Å². The van der Waals surface area contributed by atoms with Gasteiger partial charge in [-0.25, -0.2) is 0 Å². The zero-order chi connectivity index (χ0) is 14.7. The Balaban J connectivity index is 4.85. The number of alkyl halides is 1. The summed E-state index contributed by atoms with van der Waals surface area (Å²) in [4.78, 5) is 0. The fourth-order valence-corrected chi connectivity index (χ4v) is 3.57. The molecule has 0 aliphatic rings. The van der Waals surface area contributed by atoms with E-state index in [1.165, 1.54) is 6.42 Å². The Bertz CT molecular complexity index is 240. The molecule has 0 aromatic heterocycles. The predicted octanol–water partition coefficient (Wildman–Crippen LogP) is 6.23. The van der Waals surface area contributed by atoms with Crippen molar-refractivity contribution in [3.63, 3.8) is 0 Å². The first-order valence-electron chi connectivity index (χ1n) is 7.51. The summed E-state index contributed by atoms with van der Waals surface area (Å²) in [5.41, 5.74) is 0.735. The Hall–Kier alpha value is 0.290. The standard InChI is InChI=1S/C17H35Cl/c1-12(2)14(4)16(6,7)11-17(8,9)15(5)13(3)10-18/h12-15H,10-11H2,1-9H3. The van der Waals surface area contributed by atoms with Gasteiger partial charge in [0.25, 0.3) is 0 Å². The molecule has 3 unspecified atom stereocenters. The quantitative estimate of drug-likeness (QED) is 0.483. The lowest BCUT2D eigenvalue weighted by atomic mass is 9.61. The van der Waals surface area contributed by atoms with Crippen LogP contribution in [0.1, 0.15) is 68.7 Å². The van der Waals surface area contributed by atoms with E-state index in [9.17, 15) is 0 Å². The van der Waals surface area contributed by atoms with Gasteiger partial charge in [-0.05, 0) is 40.9 Å². The highest BCUT2D eigenvalue weighted by molar-refractivity contribution is 6.18. The Morgan fingerprint density at radius 2 is 1.17 bits per heavy atom. The molecule has 0 fully saturated rings. The first-order chi connectivity index (χ1) is 7.95. The molecule has 0 rings (SSSR count). The monoisotopic (exact) mass is 274 g/mol. The van der Waals surface area contributed by atoms with Crippen molar-refractivity contribution in [2.45, 2.75) is 68.7 Å². The van der Waals surface area contributed by atoms with E-state index in [0.717, 1.165) is 17.7 Å². The molecule has 0 aliphatic carbocycles. The van der Waals surface area contributed by atoms with Crippen LogP contribution in [0.4, 0.5) is 0 Å². The first-order valence-corrected chi connectivity index (χ1v) is 8.05. The molecule has 0 nitrogen and oxygen atoms in total. The number of halogens is 1. The zero-order valence-electron chi connectivity index (χ0n) is 14.1. The maximum Gasteiger partial charge on any atom is 0.0251 e. The lowest BCUT2D eigenvalue weighted by molar-refractivity contribution is 0.0540. The number of hydrogen-bond donors (Lipinski definition) is 0. The molecular formula is C17H35Cl. The normalized spacial score (nSPS) is 18.8. The Morgan fingerprint density at radius 3 is 1.50 bits per heavy atom. The maximum absolute atomic E-state index is 6.04. The molecule has 0 aliphatic heterocycles. The minimum Gasteiger partial charge on any atom is -0.126 e. The molecule has 18 heavy (non-hydrogen) atoms. The van der Waals surface area contributed by atoms with Crippen molar-refractivity contribution in [2.24, 2.45) is 34.5 Å². The van der Waals surface area contributed by atoms with Crippen molar-refractivity contribution < 1.29 is 0 Å². The second kappa shape index (κ2) is 6.64. The van der Waals surface area contributed by atoms with Crippen LogP contribution in [0.25, 0.3) is 0 Å². The summed E-state index contributed by atoms with van der Waals surface area (Å²) < 4.78 is 0. The molecule has 0 saturated carbocycles. The summed E-state index contributed by atoms with van der Waals surface area (Å²) in [5, 5.41) is 0. The summed E-state index contributed by atoms with van der Waals surface area (Å²) in [5.74, 6) is 3.51. The molecule has 0 bridgehead atoms. The fourth-order valence-electron chi connectivity index (χ4n) is 3.30. The fraction of sp³-hybridized carbons (Fsp3) is 1.00. The molecule has 0 amide bonds. The van der Waals surface area contributed by atoms with Crippen molar-refractivity contribution in [2.75, 3.05) is 5.88 Å². The third kappa shape index (κ3) is 4.76. The van der Waals surface area contributed by atoms with E-state index >= 15 is 0 Å². The second-order valence-corrected chi connectivity index (χ2v) is 8.42. The van der Waals surface area contributed by atoms with Crippen LogP contribution >= 0.6 is 11.6 Å². The van der Waals surface area contributed by atoms with Crippen molar-refractivity contribution in [1.29, 1.82) is 0 Å². The van der Waals surface area contributed by atoms with Crippen molar-refractivity contribution >= 4 is 11.6 Å². The molecule has 0 saturated heterocycles. The van der Waals surface area contributed by atoms with Crippen LogP contribution in [0.2, 0.25) is 0 Å². The summed E-state index contributed by atoms with van der Waals surface area (Å²) in [6, 6.07) is 0. The average Bonchev–Trinajstić information content (AvgIpc) is 2.24. The Morgan fingerprint density at radius 1 is 0.778 bits per heavy atom. The van der Waals surface area contributed by atoms with Crippen molar-refractivity contribution in [3.05, 3.63) is 0 Å². The molecular weight excluding hydrogens is 240 g/mol. The average molecular weight is 275 g/mol. The lowest BCUT2D eigenvalue weighted by Gasteiger charge is -2.45.